The van der Waals surface area contributed by atoms with Crippen molar-refractivity contribution in [1.82, 2.24) is 19.7 Å². The van der Waals surface area contributed by atoms with Crippen molar-refractivity contribution in [2.75, 3.05) is 25.4 Å². The third-order valence-corrected chi connectivity index (χ3v) is 3.49. The number of hydrogen-bond donors (Lipinski definition) is 1. The number of benzene rings is 1. The van der Waals surface area contributed by atoms with Gasteiger partial charge in [0.1, 0.15) is 17.9 Å². The lowest BCUT2D eigenvalue weighted by Gasteiger charge is -2.26. The van der Waals surface area contributed by atoms with Gasteiger partial charge >= 0.3 is 0 Å². The van der Waals surface area contributed by atoms with E-state index in [2.05, 4.69) is 19.7 Å². The van der Waals surface area contributed by atoms with Crippen molar-refractivity contribution < 1.29 is 4.74 Å². The van der Waals surface area contributed by atoms with Crippen molar-refractivity contribution in [3.8, 4) is 5.75 Å². The van der Waals surface area contributed by atoms with E-state index in [1.165, 1.54) is 0 Å². The zero-order chi connectivity index (χ0) is 13.8. The first-order valence-corrected chi connectivity index (χ1v) is 6.88. The highest BCUT2D eigenvalue weighted by Crippen LogP contribution is 2.14. The molecule has 2 heterocycles. The molecule has 2 N–H and O–H groups in total. The van der Waals surface area contributed by atoms with Crippen LogP contribution in [0.5, 0.6) is 5.75 Å². The van der Waals surface area contributed by atoms with Gasteiger partial charge in [0.2, 0.25) is 0 Å². The summed E-state index contributed by atoms with van der Waals surface area (Å²) in [6, 6.07) is 7.51. The molecule has 1 aliphatic rings. The first-order valence-electron chi connectivity index (χ1n) is 6.88. The number of nitrogen functional groups attached to an aromatic ring is 1. The molecule has 1 aliphatic heterocycles. The largest absolute Gasteiger partial charge is 0.494 e. The predicted molar refractivity (Wildman–Crippen MR) is 76.3 cm³/mol. The van der Waals surface area contributed by atoms with Crippen LogP contribution < -0.4 is 10.5 Å². The molecule has 0 saturated heterocycles. The molecule has 0 amide bonds. The highest BCUT2D eigenvalue weighted by atomic mass is 16.5. The lowest BCUT2D eigenvalue weighted by molar-refractivity contribution is 0.195. The fourth-order valence-electron chi connectivity index (χ4n) is 2.35. The molecule has 1 aromatic carbocycles. The molecule has 6 nitrogen and oxygen atoms in total. The maximum atomic E-state index is 5.69. The van der Waals surface area contributed by atoms with E-state index in [0.717, 1.165) is 49.9 Å². The number of hydrogen-bond acceptors (Lipinski definition) is 5. The Morgan fingerprint density at radius 1 is 1.20 bits per heavy atom. The van der Waals surface area contributed by atoms with Crippen molar-refractivity contribution in [3.63, 3.8) is 0 Å². The number of rotatable bonds is 5. The Morgan fingerprint density at radius 3 is 2.90 bits per heavy atom. The maximum Gasteiger partial charge on any atom is 0.147 e. The minimum Gasteiger partial charge on any atom is -0.494 e. The maximum absolute atomic E-state index is 5.69. The zero-order valence-electron chi connectivity index (χ0n) is 11.4. The Bertz CT molecular complexity index is 551. The summed E-state index contributed by atoms with van der Waals surface area (Å²) in [5.74, 6) is 1.92. The van der Waals surface area contributed by atoms with Gasteiger partial charge in [-0.25, -0.2) is 0 Å². The number of fused-ring (bicyclic) bond motifs is 1. The minimum atomic E-state index is 0.715. The number of nitrogens with two attached hydrogens (primary N) is 1. The fourth-order valence-corrected chi connectivity index (χ4v) is 2.35. The van der Waals surface area contributed by atoms with Crippen molar-refractivity contribution in [3.05, 3.63) is 36.4 Å². The van der Waals surface area contributed by atoms with E-state index in [-0.39, 0.29) is 0 Å². The Labute approximate surface area is 118 Å². The summed E-state index contributed by atoms with van der Waals surface area (Å²) in [6.45, 7) is 4.63. The molecule has 0 saturated carbocycles. The Balaban J connectivity index is 1.39. The third-order valence-electron chi connectivity index (χ3n) is 3.49. The van der Waals surface area contributed by atoms with Crippen LogP contribution in [-0.2, 0) is 13.1 Å². The number of aromatic nitrogens is 3. The third kappa shape index (κ3) is 3.08. The minimum absolute atomic E-state index is 0.715. The van der Waals surface area contributed by atoms with Crippen molar-refractivity contribution in [2.24, 2.45) is 0 Å². The molecule has 2 aromatic rings. The van der Waals surface area contributed by atoms with Crippen LogP contribution in [0.4, 0.5) is 5.69 Å². The summed E-state index contributed by atoms with van der Waals surface area (Å²) >= 11 is 0. The second kappa shape index (κ2) is 5.92. The van der Waals surface area contributed by atoms with Crippen LogP contribution >= 0.6 is 0 Å². The molecule has 0 bridgehead atoms. The lowest BCUT2D eigenvalue weighted by Crippen LogP contribution is -2.34. The quantitative estimate of drug-likeness (QED) is 0.653. The average Bonchev–Trinajstić information content (AvgIpc) is 2.93. The Morgan fingerprint density at radius 2 is 2.05 bits per heavy atom. The molecule has 1 aromatic heterocycles. The van der Waals surface area contributed by atoms with E-state index in [1.54, 1.807) is 6.33 Å². The molecule has 0 radical (unpaired) electrons. The first-order chi connectivity index (χ1) is 9.81. The average molecular weight is 273 g/mol. The monoisotopic (exact) mass is 273 g/mol. The SMILES string of the molecule is Nc1ccc(OCCCN2CCn3cnnc3C2)cc1. The molecule has 6 heteroatoms. The van der Waals surface area contributed by atoms with Crippen LogP contribution in [0.1, 0.15) is 12.2 Å². The fraction of sp³-hybridized carbons (Fsp3) is 0.429. The van der Waals surface area contributed by atoms with Gasteiger partial charge in [-0.3, -0.25) is 4.90 Å². The molecular weight excluding hydrogens is 254 g/mol. The predicted octanol–water partition coefficient (Wildman–Crippen LogP) is 1.14. The number of anilines is 1. The standard InChI is InChI=1S/C14H19N5O/c15-12-2-4-13(5-3-12)20-9-1-6-18-7-8-19-11-16-17-14(19)10-18/h2-5,11H,1,6-10,15H2. The molecule has 0 fully saturated rings. The van der Waals surface area contributed by atoms with Crippen LogP contribution in [0.15, 0.2) is 30.6 Å². The van der Waals surface area contributed by atoms with E-state index in [0.29, 0.717) is 6.61 Å². The molecule has 0 aliphatic carbocycles. The number of ether oxygens (including phenoxy) is 1. The van der Waals surface area contributed by atoms with Gasteiger partial charge in [-0.05, 0) is 30.7 Å². The van der Waals surface area contributed by atoms with Crippen LogP contribution in [0.3, 0.4) is 0 Å². The molecule has 106 valence electrons. The molecule has 0 unspecified atom stereocenters. The van der Waals surface area contributed by atoms with Gasteiger partial charge in [0, 0.05) is 25.3 Å². The van der Waals surface area contributed by atoms with Gasteiger partial charge in [-0.15, -0.1) is 10.2 Å². The van der Waals surface area contributed by atoms with Crippen molar-refractivity contribution in [1.29, 1.82) is 0 Å². The van der Waals surface area contributed by atoms with Crippen LogP contribution in [-0.4, -0.2) is 39.4 Å². The van der Waals surface area contributed by atoms with Gasteiger partial charge in [0.25, 0.3) is 0 Å². The van der Waals surface area contributed by atoms with E-state index < -0.39 is 0 Å². The summed E-state index contributed by atoms with van der Waals surface area (Å²) in [5.41, 5.74) is 6.39. The number of nitrogens with zero attached hydrogens (tertiary/aromatic N) is 4. The Hall–Kier alpha value is -2.08. The van der Waals surface area contributed by atoms with E-state index in [4.69, 9.17) is 10.5 Å². The van der Waals surface area contributed by atoms with E-state index in [9.17, 15) is 0 Å². The van der Waals surface area contributed by atoms with Crippen molar-refractivity contribution in [2.45, 2.75) is 19.5 Å². The van der Waals surface area contributed by atoms with Crippen molar-refractivity contribution >= 4 is 5.69 Å². The first kappa shape index (κ1) is 12.9. The normalized spacial score (nSPS) is 15.0. The zero-order valence-corrected chi connectivity index (χ0v) is 11.4. The summed E-state index contributed by atoms with van der Waals surface area (Å²) in [7, 11) is 0. The summed E-state index contributed by atoms with van der Waals surface area (Å²) in [6.07, 6.45) is 2.80. The highest BCUT2D eigenvalue weighted by molar-refractivity contribution is 5.41. The van der Waals surface area contributed by atoms with Crippen LogP contribution in [0.25, 0.3) is 0 Å². The van der Waals surface area contributed by atoms with Crippen LogP contribution in [0, 0.1) is 0 Å². The molecule has 0 spiro atoms. The van der Waals surface area contributed by atoms with E-state index in [1.807, 2.05) is 24.3 Å². The van der Waals surface area contributed by atoms with E-state index >= 15 is 0 Å². The van der Waals surface area contributed by atoms with Gasteiger partial charge in [-0.2, -0.15) is 0 Å². The lowest BCUT2D eigenvalue weighted by atomic mass is 10.3. The highest BCUT2D eigenvalue weighted by Gasteiger charge is 2.16. The summed E-state index contributed by atoms with van der Waals surface area (Å²) < 4.78 is 7.80. The van der Waals surface area contributed by atoms with Gasteiger partial charge < -0.3 is 15.0 Å². The van der Waals surface area contributed by atoms with Gasteiger partial charge in [0.15, 0.2) is 0 Å². The topological polar surface area (TPSA) is 69.2 Å². The second-order valence-corrected chi connectivity index (χ2v) is 4.99. The smallest absolute Gasteiger partial charge is 0.147 e. The molecular formula is C14H19N5O. The summed E-state index contributed by atoms with van der Waals surface area (Å²) in [5, 5.41) is 8.05. The van der Waals surface area contributed by atoms with Gasteiger partial charge in [0.05, 0.1) is 13.2 Å². The van der Waals surface area contributed by atoms with Crippen LogP contribution in [0.2, 0.25) is 0 Å². The van der Waals surface area contributed by atoms with Gasteiger partial charge in [-0.1, -0.05) is 0 Å². The molecule has 20 heavy (non-hydrogen) atoms. The molecule has 0 atom stereocenters. The molecule has 3 rings (SSSR count). The summed E-state index contributed by atoms with van der Waals surface area (Å²) in [4.78, 5) is 2.39. The second-order valence-electron chi connectivity index (χ2n) is 4.99. The Kier molecular flexibility index (Phi) is 3.83.